The summed E-state index contributed by atoms with van der Waals surface area (Å²) in [6.45, 7) is 16.7. The molecule has 8 N–H and O–H groups in total. The van der Waals surface area contributed by atoms with E-state index in [-0.39, 0.29) is 50.7 Å². The number of carboxylic acids is 1. The predicted molar refractivity (Wildman–Crippen MR) is 210 cm³/mol. The second kappa shape index (κ2) is 15.3. The highest BCUT2D eigenvalue weighted by Crippen LogP contribution is 2.76. The van der Waals surface area contributed by atoms with Crippen LogP contribution < -0.4 is 0 Å². The molecule has 7 aliphatic rings. The number of carbonyl (C=O) groups is 1. The maximum absolute atomic E-state index is 13.1. The van der Waals surface area contributed by atoms with E-state index in [9.17, 15) is 45.7 Å². The lowest BCUT2D eigenvalue weighted by Gasteiger charge is -2.71. The van der Waals surface area contributed by atoms with Gasteiger partial charge in [0.2, 0.25) is 0 Å². The van der Waals surface area contributed by atoms with Crippen molar-refractivity contribution in [2.45, 2.75) is 181 Å². The van der Waals surface area contributed by atoms with Gasteiger partial charge in [0, 0.05) is 0 Å². The van der Waals surface area contributed by atoms with Crippen LogP contribution in [0.1, 0.15) is 120 Å². The van der Waals surface area contributed by atoms with Crippen molar-refractivity contribution in [3.63, 3.8) is 0 Å². The quantitative estimate of drug-likeness (QED) is 0.0571. The molecule has 0 spiro atoms. The number of allylic oxidation sites excluding steroid dienone is 2. The summed E-state index contributed by atoms with van der Waals surface area (Å²) >= 11 is 0. The van der Waals surface area contributed by atoms with Gasteiger partial charge in [0.15, 0.2) is 12.6 Å². The van der Waals surface area contributed by atoms with Crippen LogP contribution in [0.5, 0.6) is 0 Å². The molecule has 0 amide bonds. The average Bonchev–Trinajstić information content (AvgIpc) is 3.16. The molecule has 0 aromatic heterocycles. The second-order valence-electron chi connectivity index (χ2n) is 21.4. The third kappa shape index (κ3) is 6.56. The van der Waals surface area contributed by atoms with E-state index in [0.29, 0.717) is 12.3 Å². The number of hydrogen-bond acceptors (Lipinski definition) is 13. The Kier molecular flexibility index (Phi) is 11.7. The zero-order valence-electron chi connectivity index (χ0n) is 35.7. The van der Waals surface area contributed by atoms with E-state index in [0.717, 1.165) is 57.8 Å². The standard InChI is InChI=1S/C44H71NO13/c1-22(45-54)30-32(49)35(58-37-34(51)33(50)31(48)25(20-46)55-37)26(21-47)56-36(30)57-29-12-13-41(6)27(40(29,4)5)11-14-43(8)28(41)10-9-23-24-19-39(2,3)15-17-44(24,38(52)53)18-16-42(23,43)7/h9,24-37,46-51,54H,10-21H2,1-8H3,(H,52,53). The van der Waals surface area contributed by atoms with E-state index < -0.39 is 85.8 Å². The number of ether oxygens (including phenoxy) is 4. The maximum atomic E-state index is 13.1. The predicted octanol–water partition coefficient (Wildman–Crippen LogP) is 3.99. The summed E-state index contributed by atoms with van der Waals surface area (Å²) < 4.78 is 24.7. The van der Waals surface area contributed by atoms with Crippen molar-refractivity contribution >= 4 is 11.7 Å². The zero-order valence-corrected chi connectivity index (χ0v) is 35.7. The highest BCUT2D eigenvalue weighted by molar-refractivity contribution is 5.85. The number of fused-ring (bicyclic) bond motifs is 7. The minimum Gasteiger partial charge on any atom is -0.481 e. The number of oxime groups is 1. The molecule has 0 aromatic carbocycles. The topological polar surface area (TPSA) is 228 Å². The fourth-order valence-electron chi connectivity index (χ4n) is 14.2. The van der Waals surface area contributed by atoms with Gasteiger partial charge in [0.05, 0.1) is 42.5 Å². The number of aliphatic hydroxyl groups excluding tert-OH is 6. The number of carboxylic acid groups (broad SMARTS) is 1. The van der Waals surface area contributed by atoms with Crippen LogP contribution in [0.3, 0.4) is 0 Å². The van der Waals surface area contributed by atoms with Gasteiger partial charge in [-0.3, -0.25) is 4.79 Å². The highest BCUT2D eigenvalue weighted by atomic mass is 16.7. The zero-order chi connectivity index (χ0) is 42.5. The fraction of sp³-hybridized carbons (Fsp3) is 0.909. The summed E-state index contributed by atoms with van der Waals surface area (Å²) in [5.41, 5.74) is 0.391. The van der Waals surface area contributed by atoms with E-state index >= 15 is 0 Å². The molecule has 6 fully saturated rings. The Morgan fingerprint density at radius 3 is 2.09 bits per heavy atom. The van der Waals surface area contributed by atoms with Crippen molar-refractivity contribution in [1.82, 2.24) is 0 Å². The molecule has 0 aromatic rings. The Bertz CT molecular complexity index is 1620. The van der Waals surface area contributed by atoms with Gasteiger partial charge in [-0.15, -0.1) is 0 Å². The van der Waals surface area contributed by atoms with Gasteiger partial charge in [0.1, 0.15) is 36.6 Å². The lowest BCUT2D eigenvalue weighted by atomic mass is 9.33. The molecule has 18 atom stereocenters. The first-order chi connectivity index (χ1) is 27.1. The van der Waals surface area contributed by atoms with Crippen LogP contribution in [0, 0.1) is 56.2 Å². The summed E-state index contributed by atoms with van der Waals surface area (Å²) in [5, 5.41) is 87.5. The van der Waals surface area contributed by atoms with E-state index in [4.69, 9.17) is 18.9 Å². The van der Waals surface area contributed by atoms with Gasteiger partial charge in [-0.05, 0) is 116 Å². The van der Waals surface area contributed by atoms with Crippen molar-refractivity contribution in [3.8, 4) is 0 Å². The molecule has 0 bridgehead atoms. The van der Waals surface area contributed by atoms with Gasteiger partial charge in [0.25, 0.3) is 0 Å². The SMILES string of the molecule is CC(=NO)C1C(OC2CCC3(C)C(CCC4(C)C3CC=C3C5CC(C)(C)CCC5(C(=O)O)CCC34C)C2(C)C)OC(CO)C(OC2OC(CO)C(O)C(O)C2O)C1O. The first-order valence-electron chi connectivity index (χ1n) is 21.7. The van der Waals surface area contributed by atoms with Crippen molar-refractivity contribution in [1.29, 1.82) is 0 Å². The molecular weight excluding hydrogens is 750 g/mol. The van der Waals surface area contributed by atoms with E-state index in [1.165, 1.54) is 12.5 Å². The molecule has 330 valence electrons. The molecule has 4 saturated carbocycles. The Labute approximate surface area is 343 Å². The van der Waals surface area contributed by atoms with E-state index in [1.54, 1.807) is 0 Å². The van der Waals surface area contributed by atoms with Gasteiger partial charge in [-0.25, -0.2) is 0 Å². The summed E-state index contributed by atoms with van der Waals surface area (Å²) in [5.74, 6) is -0.993. The second-order valence-corrected chi connectivity index (χ2v) is 21.4. The molecule has 14 nitrogen and oxygen atoms in total. The van der Waals surface area contributed by atoms with Crippen molar-refractivity contribution in [2.75, 3.05) is 13.2 Å². The lowest BCUT2D eigenvalue weighted by Crippen LogP contribution is -2.66. The first kappa shape index (κ1) is 44.3. The minimum atomic E-state index is -1.75. The summed E-state index contributed by atoms with van der Waals surface area (Å²) in [4.78, 5) is 13.1. The van der Waals surface area contributed by atoms with Crippen LogP contribution in [-0.4, -0.2) is 127 Å². The molecule has 14 heteroatoms. The van der Waals surface area contributed by atoms with Crippen LogP contribution in [0.15, 0.2) is 16.8 Å². The van der Waals surface area contributed by atoms with E-state index in [2.05, 4.69) is 59.7 Å². The molecular formula is C44H71NO13. The van der Waals surface area contributed by atoms with Gasteiger partial charge < -0.3 is 59.9 Å². The third-order valence-electron chi connectivity index (χ3n) is 17.9. The number of nitrogens with zero attached hydrogens (tertiary/aromatic N) is 1. The monoisotopic (exact) mass is 821 g/mol. The Morgan fingerprint density at radius 1 is 0.793 bits per heavy atom. The minimum absolute atomic E-state index is 0.0148. The van der Waals surface area contributed by atoms with Crippen molar-refractivity contribution in [3.05, 3.63) is 11.6 Å². The molecule has 0 radical (unpaired) electrons. The molecule has 5 aliphatic carbocycles. The van der Waals surface area contributed by atoms with E-state index in [1.807, 2.05) is 0 Å². The average molecular weight is 822 g/mol. The summed E-state index contributed by atoms with van der Waals surface area (Å²) in [7, 11) is 0. The van der Waals surface area contributed by atoms with Crippen LogP contribution in [0.25, 0.3) is 0 Å². The van der Waals surface area contributed by atoms with Crippen LogP contribution in [0.2, 0.25) is 0 Å². The summed E-state index contributed by atoms with van der Waals surface area (Å²) in [6, 6.07) is 0. The van der Waals surface area contributed by atoms with Crippen LogP contribution in [-0.2, 0) is 23.7 Å². The smallest absolute Gasteiger partial charge is 0.310 e. The largest absolute Gasteiger partial charge is 0.481 e. The maximum Gasteiger partial charge on any atom is 0.310 e. The molecule has 18 unspecified atom stereocenters. The lowest BCUT2D eigenvalue weighted by molar-refractivity contribution is -0.357. The van der Waals surface area contributed by atoms with Gasteiger partial charge in [-0.2, -0.15) is 0 Å². The normalized spacial score (nSPS) is 51.3. The van der Waals surface area contributed by atoms with Crippen molar-refractivity contribution < 1.29 is 64.7 Å². The van der Waals surface area contributed by atoms with Crippen molar-refractivity contribution in [2.24, 2.45) is 61.3 Å². The number of aliphatic hydroxyl groups is 6. The Balaban J connectivity index is 1.13. The van der Waals surface area contributed by atoms with Gasteiger partial charge in [-0.1, -0.05) is 65.3 Å². The molecule has 7 rings (SSSR count). The molecule has 58 heavy (non-hydrogen) atoms. The van der Waals surface area contributed by atoms with Crippen LogP contribution >= 0.6 is 0 Å². The number of hydrogen-bond donors (Lipinski definition) is 8. The Hall–Kier alpha value is -1.72. The molecule has 2 aliphatic heterocycles. The first-order valence-corrected chi connectivity index (χ1v) is 21.7. The third-order valence-corrected chi connectivity index (χ3v) is 17.9. The highest BCUT2D eigenvalue weighted by Gasteiger charge is 2.69. The fourth-order valence-corrected chi connectivity index (χ4v) is 14.2. The van der Waals surface area contributed by atoms with Crippen LogP contribution in [0.4, 0.5) is 0 Å². The number of rotatable bonds is 8. The number of aliphatic carboxylic acids is 1. The van der Waals surface area contributed by atoms with Gasteiger partial charge >= 0.3 is 5.97 Å². The molecule has 2 saturated heterocycles. The summed E-state index contributed by atoms with van der Waals surface area (Å²) in [6.07, 6.45) is -2.25. The Morgan fingerprint density at radius 2 is 1.45 bits per heavy atom. The molecule has 2 heterocycles.